The molecule has 0 aliphatic heterocycles. The van der Waals surface area contributed by atoms with E-state index >= 15 is 0 Å². The van der Waals surface area contributed by atoms with Crippen molar-refractivity contribution in [2.75, 3.05) is 29.9 Å². The Morgan fingerprint density at radius 1 is 1.30 bits per heavy atom. The van der Waals surface area contributed by atoms with Crippen LogP contribution in [-0.4, -0.2) is 52.4 Å². The summed E-state index contributed by atoms with van der Waals surface area (Å²) in [6, 6.07) is 5.47. The molecule has 0 aromatic carbocycles. The van der Waals surface area contributed by atoms with Gasteiger partial charge in [-0.2, -0.15) is 0 Å². The van der Waals surface area contributed by atoms with Crippen molar-refractivity contribution in [2.24, 2.45) is 0 Å². The van der Waals surface area contributed by atoms with Gasteiger partial charge in [-0.3, -0.25) is 14.4 Å². The molecule has 146 valence electrons. The number of aryl methyl sites for hydroxylation is 1. The zero-order valence-corrected chi connectivity index (χ0v) is 16.8. The molecule has 3 amide bonds. The van der Waals surface area contributed by atoms with Gasteiger partial charge in [-0.1, -0.05) is 11.2 Å². The number of hydrogen-bond donors (Lipinski definition) is 2. The van der Waals surface area contributed by atoms with Crippen LogP contribution in [0.15, 0.2) is 28.1 Å². The van der Waals surface area contributed by atoms with E-state index in [1.54, 1.807) is 24.3 Å². The van der Waals surface area contributed by atoms with Crippen LogP contribution in [0.3, 0.4) is 0 Å². The molecule has 27 heavy (non-hydrogen) atoms. The molecular formula is C17H22N4O4S2. The van der Waals surface area contributed by atoms with E-state index in [0.717, 1.165) is 4.88 Å². The van der Waals surface area contributed by atoms with E-state index in [4.69, 9.17) is 4.52 Å². The van der Waals surface area contributed by atoms with Gasteiger partial charge in [0.05, 0.1) is 24.6 Å². The molecule has 2 aromatic heterocycles. The summed E-state index contributed by atoms with van der Waals surface area (Å²) in [4.78, 5) is 38.6. The minimum Gasteiger partial charge on any atom is -0.360 e. The normalized spacial score (nSPS) is 10.4. The number of amides is 3. The van der Waals surface area contributed by atoms with Crippen LogP contribution >= 0.6 is 23.1 Å². The van der Waals surface area contributed by atoms with Gasteiger partial charge in [0.1, 0.15) is 5.76 Å². The fourth-order valence-corrected chi connectivity index (χ4v) is 3.49. The summed E-state index contributed by atoms with van der Waals surface area (Å²) in [6.45, 7) is 4.43. The molecule has 2 aromatic rings. The molecule has 0 bridgehead atoms. The number of anilines is 1. The number of thioether (sulfide) groups is 1. The summed E-state index contributed by atoms with van der Waals surface area (Å²) in [5, 5.41) is 11.0. The molecule has 0 unspecified atom stereocenters. The van der Waals surface area contributed by atoms with Gasteiger partial charge in [0, 0.05) is 17.5 Å². The summed E-state index contributed by atoms with van der Waals surface area (Å²) in [5.41, 5.74) is 0. The Labute approximate surface area is 165 Å². The number of rotatable bonds is 10. The first-order valence-electron chi connectivity index (χ1n) is 8.35. The minimum absolute atomic E-state index is 0.00564. The van der Waals surface area contributed by atoms with E-state index in [9.17, 15) is 14.4 Å². The second kappa shape index (κ2) is 10.7. The maximum atomic E-state index is 12.3. The van der Waals surface area contributed by atoms with Gasteiger partial charge in [-0.15, -0.1) is 23.1 Å². The predicted octanol–water partition coefficient (Wildman–Crippen LogP) is 1.88. The number of carbonyl (C=O) groups is 3. The van der Waals surface area contributed by atoms with Crippen molar-refractivity contribution in [3.05, 3.63) is 34.2 Å². The lowest BCUT2D eigenvalue weighted by Gasteiger charge is -2.20. The van der Waals surface area contributed by atoms with Gasteiger partial charge in [-0.05, 0) is 25.3 Å². The number of aromatic nitrogens is 1. The van der Waals surface area contributed by atoms with Crippen LogP contribution in [0, 0.1) is 6.92 Å². The highest BCUT2D eigenvalue weighted by Crippen LogP contribution is 2.09. The van der Waals surface area contributed by atoms with Crippen LogP contribution in [0.25, 0.3) is 0 Å². The Hall–Kier alpha value is -2.33. The smallest absolute Gasteiger partial charge is 0.239 e. The van der Waals surface area contributed by atoms with Crippen LogP contribution in [0.1, 0.15) is 17.6 Å². The predicted molar refractivity (Wildman–Crippen MR) is 106 cm³/mol. The number of likely N-dealkylation sites (N-methyl/N-ethyl adjacent to an activating group) is 1. The summed E-state index contributed by atoms with van der Waals surface area (Å²) in [6.07, 6.45) is 0. The number of thiophene rings is 1. The zero-order chi connectivity index (χ0) is 19.6. The Bertz CT molecular complexity index is 761. The topological polar surface area (TPSA) is 105 Å². The highest BCUT2D eigenvalue weighted by Gasteiger charge is 2.16. The third-order valence-corrected chi connectivity index (χ3v) is 5.26. The van der Waals surface area contributed by atoms with E-state index in [1.165, 1.54) is 16.7 Å². The van der Waals surface area contributed by atoms with Gasteiger partial charge < -0.3 is 20.1 Å². The Morgan fingerprint density at radius 3 is 2.74 bits per heavy atom. The fraction of sp³-hybridized carbons (Fsp3) is 0.412. The Balaban J connectivity index is 1.67. The molecule has 0 radical (unpaired) electrons. The summed E-state index contributed by atoms with van der Waals surface area (Å²) >= 11 is 2.75. The van der Waals surface area contributed by atoms with Crippen molar-refractivity contribution < 1.29 is 18.9 Å². The largest absolute Gasteiger partial charge is 0.360 e. The van der Waals surface area contributed by atoms with Gasteiger partial charge in [0.25, 0.3) is 0 Å². The maximum Gasteiger partial charge on any atom is 0.239 e. The van der Waals surface area contributed by atoms with Crippen molar-refractivity contribution in [3.63, 3.8) is 0 Å². The molecule has 0 aliphatic carbocycles. The third-order valence-electron chi connectivity index (χ3n) is 3.46. The quantitative estimate of drug-likeness (QED) is 0.620. The van der Waals surface area contributed by atoms with Crippen molar-refractivity contribution in [2.45, 2.75) is 20.4 Å². The van der Waals surface area contributed by atoms with E-state index in [1.807, 2.05) is 24.4 Å². The van der Waals surface area contributed by atoms with Crippen LogP contribution in [0.5, 0.6) is 0 Å². The Morgan fingerprint density at radius 2 is 2.11 bits per heavy atom. The average Bonchev–Trinajstić information content (AvgIpc) is 3.29. The van der Waals surface area contributed by atoms with Crippen LogP contribution in [0.2, 0.25) is 0 Å². The molecular weight excluding hydrogens is 388 g/mol. The molecule has 0 saturated heterocycles. The molecule has 2 rings (SSSR count). The SMILES string of the molecule is CCN(CC(=O)NCc1cccs1)C(=O)CSCC(=O)Nc1cc(C)on1. The van der Waals surface area contributed by atoms with Crippen LogP contribution in [0.4, 0.5) is 5.82 Å². The number of hydrogen-bond acceptors (Lipinski definition) is 7. The van der Waals surface area contributed by atoms with E-state index in [0.29, 0.717) is 24.7 Å². The molecule has 2 heterocycles. The lowest BCUT2D eigenvalue weighted by Crippen LogP contribution is -2.41. The van der Waals surface area contributed by atoms with Crippen molar-refractivity contribution >= 4 is 46.6 Å². The van der Waals surface area contributed by atoms with Crippen LogP contribution in [-0.2, 0) is 20.9 Å². The molecule has 0 atom stereocenters. The second-order valence-electron chi connectivity index (χ2n) is 5.63. The lowest BCUT2D eigenvalue weighted by molar-refractivity contribution is -0.133. The van der Waals surface area contributed by atoms with E-state index in [2.05, 4.69) is 15.8 Å². The molecule has 2 N–H and O–H groups in total. The monoisotopic (exact) mass is 410 g/mol. The number of nitrogens with one attached hydrogen (secondary N) is 2. The van der Waals surface area contributed by atoms with Gasteiger partial charge >= 0.3 is 0 Å². The molecule has 0 aliphatic rings. The van der Waals surface area contributed by atoms with Gasteiger partial charge in [0.15, 0.2) is 5.82 Å². The second-order valence-corrected chi connectivity index (χ2v) is 7.65. The minimum atomic E-state index is -0.266. The Kier molecular flexibility index (Phi) is 8.34. The van der Waals surface area contributed by atoms with Gasteiger partial charge in [-0.25, -0.2) is 0 Å². The van der Waals surface area contributed by atoms with Crippen molar-refractivity contribution in [1.82, 2.24) is 15.4 Å². The standard InChI is InChI=1S/C17H22N4O4S2/c1-3-21(9-15(22)18-8-13-5-4-6-27-13)17(24)11-26-10-16(23)19-14-7-12(2)25-20-14/h4-7H,3,8-11H2,1-2H3,(H,18,22)(H,19,20,23). The van der Waals surface area contributed by atoms with Crippen LogP contribution < -0.4 is 10.6 Å². The van der Waals surface area contributed by atoms with Crippen molar-refractivity contribution in [1.29, 1.82) is 0 Å². The molecule has 8 nitrogen and oxygen atoms in total. The average molecular weight is 411 g/mol. The molecule has 0 saturated carbocycles. The van der Waals surface area contributed by atoms with E-state index in [-0.39, 0.29) is 35.8 Å². The third kappa shape index (κ3) is 7.43. The first-order chi connectivity index (χ1) is 13.0. The first kappa shape index (κ1) is 21.0. The van der Waals surface area contributed by atoms with E-state index < -0.39 is 0 Å². The zero-order valence-electron chi connectivity index (χ0n) is 15.2. The maximum absolute atomic E-state index is 12.3. The molecule has 0 spiro atoms. The summed E-state index contributed by atoms with van der Waals surface area (Å²) in [5.74, 6) is 0.530. The number of carbonyl (C=O) groups excluding carboxylic acids is 3. The summed E-state index contributed by atoms with van der Waals surface area (Å²) in [7, 11) is 0. The first-order valence-corrected chi connectivity index (χ1v) is 10.4. The van der Waals surface area contributed by atoms with Gasteiger partial charge in [0.2, 0.25) is 17.7 Å². The number of nitrogens with zero attached hydrogens (tertiary/aromatic N) is 2. The molecule has 0 fully saturated rings. The highest BCUT2D eigenvalue weighted by atomic mass is 32.2. The summed E-state index contributed by atoms with van der Waals surface area (Å²) < 4.78 is 4.86. The highest BCUT2D eigenvalue weighted by molar-refractivity contribution is 8.00. The lowest BCUT2D eigenvalue weighted by atomic mass is 10.4. The van der Waals surface area contributed by atoms with Crippen molar-refractivity contribution in [3.8, 4) is 0 Å². The molecule has 10 heteroatoms. The fourth-order valence-electron chi connectivity index (χ4n) is 2.13.